The van der Waals surface area contributed by atoms with Gasteiger partial charge in [0, 0.05) is 23.7 Å². The summed E-state index contributed by atoms with van der Waals surface area (Å²) in [5.74, 6) is 0.992. The molecular formula is C33H47N5O2. The molecule has 0 unspecified atom stereocenters. The number of aromatic nitrogens is 2. The first-order chi connectivity index (χ1) is 18.7. The second kappa shape index (κ2) is 12.7. The Balaban J connectivity index is 1.90. The molecular weight excluding hydrogens is 498 g/mol. The molecule has 3 amide bonds. The molecule has 2 N–H and O–H groups in total. The third-order valence-corrected chi connectivity index (χ3v) is 6.90. The smallest absolute Gasteiger partial charge is 0.315 e. The molecule has 7 nitrogen and oxygen atoms in total. The molecule has 0 aliphatic carbocycles. The lowest BCUT2D eigenvalue weighted by atomic mass is 9.92. The third kappa shape index (κ3) is 7.52. The summed E-state index contributed by atoms with van der Waals surface area (Å²) in [6, 6.07) is 15.8. The number of carbonyl (C=O) groups excluding carboxylic acids is 2. The van der Waals surface area contributed by atoms with E-state index >= 15 is 0 Å². The number of para-hydroxylation sites is 2. The van der Waals surface area contributed by atoms with Gasteiger partial charge in [-0.2, -0.15) is 5.10 Å². The summed E-state index contributed by atoms with van der Waals surface area (Å²) < 4.78 is 1.79. The molecule has 7 heteroatoms. The molecule has 0 bridgehead atoms. The predicted molar refractivity (Wildman–Crippen MR) is 166 cm³/mol. The molecule has 2 aromatic carbocycles. The lowest BCUT2D eigenvalue weighted by Gasteiger charge is -2.27. The highest BCUT2D eigenvalue weighted by molar-refractivity contribution is 5.97. The van der Waals surface area contributed by atoms with E-state index in [2.05, 4.69) is 71.2 Å². The lowest BCUT2D eigenvalue weighted by molar-refractivity contribution is -0.116. The number of aryl methyl sites for hydroxylation is 1. The summed E-state index contributed by atoms with van der Waals surface area (Å²) in [6.45, 7) is 21.3. The molecule has 0 aliphatic heterocycles. The first-order valence-corrected chi connectivity index (χ1v) is 14.3. The highest BCUT2D eigenvalue weighted by atomic mass is 16.2. The Morgan fingerprint density at radius 3 is 2.02 bits per heavy atom. The van der Waals surface area contributed by atoms with Gasteiger partial charge in [0.25, 0.3) is 0 Å². The molecule has 0 radical (unpaired) electrons. The molecule has 0 saturated heterocycles. The fourth-order valence-electron chi connectivity index (χ4n) is 4.72. The maximum Gasteiger partial charge on any atom is 0.322 e. The van der Waals surface area contributed by atoms with Crippen LogP contribution in [0.2, 0.25) is 0 Å². The number of carbonyl (C=O) groups is 2. The predicted octanol–water partition coefficient (Wildman–Crippen LogP) is 7.85. The van der Waals surface area contributed by atoms with Crippen LogP contribution < -0.4 is 10.6 Å². The Labute approximate surface area is 240 Å². The van der Waals surface area contributed by atoms with Crippen molar-refractivity contribution in [2.24, 2.45) is 5.92 Å². The average Bonchev–Trinajstić information content (AvgIpc) is 3.27. The summed E-state index contributed by atoms with van der Waals surface area (Å²) in [7, 11) is 0. The number of nitrogens with zero attached hydrogens (tertiary/aromatic N) is 3. The third-order valence-electron chi connectivity index (χ3n) is 6.90. The quantitative estimate of drug-likeness (QED) is 0.287. The zero-order chi connectivity index (χ0) is 29.8. The number of nitrogens with one attached hydrogen (secondary N) is 2. The van der Waals surface area contributed by atoms with Crippen LogP contribution >= 0.6 is 0 Å². The number of rotatable bonds is 9. The number of hydrogen-bond donors (Lipinski definition) is 2. The van der Waals surface area contributed by atoms with E-state index in [1.807, 2.05) is 57.2 Å². The van der Waals surface area contributed by atoms with Crippen LogP contribution in [0.4, 0.5) is 16.3 Å². The first kappa shape index (κ1) is 30.9. The summed E-state index contributed by atoms with van der Waals surface area (Å²) in [4.78, 5) is 28.7. The van der Waals surface area contributed by atoms with Crippen LogP contribution in [0.3, 0.4) is 0 Å². The lowest BCUT2D eigenvalue weighted by Crippen LogP contribution is -2.43. The van der Waals surface area contributed by atoms with Gasteiger partial charge < -0.3 is 15.5 Å². The van der Waals surface area contributed by atoms with Crippen LogP contribution in [-0.4, -0.2) is 39.7 Å². The summed E-state index contributed by atoms with van der Waals surface area (Å²) >= 11 is 0. The number of anilines is 2. The molecule has 216 valence electrons. The molecule has 0 fully saturated rings. The minimum atomic E-state index is -0.276. The van der Waals surface area contributed by atoms with Crippen LogP contribution in [-0.2, 0) is 10.2 Å². The zero-order valence-corrected chi connectivity index (χ0v) is 25.9. The van der Waals surface area contributed by atoms with E-state index in [0.29, 0.717) is 12.4 Å². The van der Waals surface area contributed by atoms with Gasteiger partial charge in [0.05, 0.1) is 11.4 Å². The van der Waals surface area contributed by atoms with Crippen molar-refractivity contribution in [1.29, 1.82) is 0 Å². The van der Waals surface area contributed by atoms with Gasteiger partial charge in [-0.05, 0) is 47.4 Å². The summed E-state index contributed by atoms with van der Waals surface area (Å²) in [5, 5.41) is 11.1. The standard InChI is InChI=1S/C33H47N5O2/c1-21(2)19-37(32(40)35-31-25(22(3)4)15-13-16-26(31)23(5)6)20-30(39)34-29-18-28(33(8,9)10)36-38(29)27-17-12-11-14-24(27)7/h11-18,21-23H,19-20H2,1-10H3,(H,34,39)(H,35,40). The molecule has 0 aliphatic rings. The molecule has 3 rings (SSSR count). The summed E-state index contributed by atoms with van der Waals surface area (Å²) in [5.41, 5.74) is 5.64. The molecule has 1 aromatic heterocycles. The van der Waals surface area contributed by atoms with E-state index in [1.54, 1.807) is 9.58 Å². The van der Waals surface area contributed by atoms with Gasteiger partial charge in [-0.15, -0.1) is 0 Å². The maximum absolute atomic E-state index is 13.7. The van der Waals surface area contributed by atoms with Crippen molar-refractivity contribution >= 4 is 23.4 Å². The summed E-state index contributed by atoms with van der Waals surface area (Å²) in [6.07, 6.45) is 0. The molecule has 1 heterocycles. The van der Waals surface area contributed by atoms with Crippen molar-refractivity contribution < 1.29 is 9.59 Å². The van der Waals surface area contributed by atoms with E-state index in [9.17, 15) is 9.59 Å². The molecule has 3 aromatic rings. The van der Waals surface area contributed by atoms with Crippen LogP contribution in [0.1, 0.15) is 96.5 Å². The second-order valence-electron chi connectivity index (χ2n) is 12.7. The molecule has 40 heavy (non-hydrogen) atoms. The zero-order valence-electron chi connectivity index (χ0n) is 25.9. The van der Waals surface area contributed by atoms with Gasteiger partial charge in [0.1, 0.15) is 12.4 Å². The maximum atomic E-state index is 13.7. The number of urea groups is 1. The first-order valence-electron chi connectivity index (χ1n) is 14.3. The highest BCUT2D eigenvalue weighted by Gasteiger charge is 2.25. The second-order valence-corrected chi connectivity index (χ2v) is 12.7. The minimum absolute atomic E-state index is 0.0747. The Hall–Kier alpha value is -3.61. The average molecular weight is 546 g/mol. The Bertz CT molecular complexity index is 1300. The van der Waals surface area contributed by atoms with Gasteiger partial charge in [0.2, 0.25) is 5.91 Å². The SMILES string of the molecule is Cc1ccccc1-n1nc(C(C)(C)C)cc1NC(=O)CN(CC(C)C)C(=O)Nc1c(C(C)C)cccc1C(C)C. The largest absolute Gasteiger partial charge is 0.322 e. The van der Waals surface area contributed by atoms with E-state index in [4.69, 9.17) is 5.10 Å². The van der Waals surface area contributed by atoms with E-state index in [1.165, 1.54) is 0 Å². The van der Waals surface area contributed by atoms with E-state index in [-0.39, 0.29) is 41.7 Å². The van der Waals surface area contributed by atoms with Gasteiger partial charge in [0.15, 0.2) is 0 Å². The molecule has 0 atom stereocenters. The van der Waals surface area contributed by atoms with Gasteiger partial charge in [-0.1, -0.05) is 98.7 Å². The van der Waals surface area contributed by atoms with E-state index in [0.717, 1.165) is 33.8 Å². The van der Waals surface area contributed by atoms with Crippen LogP contribution in [0.5, 0.6) is 0 Å². The molecule has 0 spiro atoms. The van der Waals surface area contributed by atoms with Gasteiger partial charge in [-0.25, -0.2) is 9.48 Å². The van der Waals surface area contributed by atoms with Crippen molar-refractivity contribution in [1.82, 2.24) is 14.7 Å². The fraction of sp³-hybridized carbons (Fsp3) is 0.485. The van der Waals surface area contributed by atoms with Crippen molar-refractivity contribution in [3.05, 3.63) is 70.9 Å². The van der Waals surface area contributed by atoms with Crippen molar-refractivity contribution in [2.45, 2.75) is 86.5 Å². The Morgan fingerprint density at radius 1 is 0.900 bits per heavy atom. The van der Waals surface area contributed by atoms with Crippen LogP contribution in [0.15, 0.2) is 48.5 Å². The Morgan fingerprint density at radius 2 is 1.50 bits per heavy atom. The van der Waals surface area contributed by atoms with Crippen molar-refractivity contribution in [3.8, 4) is 5.69 Å². The van der Waals surface area contributed by atoms with Crippen LogP contribution in [0, 0.1) is 12.8 Å². The fourth-order valence-corrected chi connectivity index (χ4v) is 4.72. The normalized spacial score (nSPS) is 11.8. The molecule has 0 saturated carbocycles. The van der Waals surface area contributed by atoms with Gasteiger partial charge in [-0.3, -0.25) is 4.79 Å². The van der Waals surface area contributed by atoms with Gasteiger partial charge >= 0.3 is 6.03 Å². The van der Waals surface area contributed by atoms with E-state index < -0.39 is 0 Å². The number of amides is 3. The number of hydrogen-bond acceptors (Lipinski definition) is 3. The number of benzene rings is 2. The minimum Gasteiger partial charge on any atom is -0.315 e. The Kier molecular flexibility index (Phi) is 9.82. The van der Waals surface area contributed by atoms with Crippen LogP contribution in [0.25, 0.3) is 5.69 Å². The highest BCUT2D eigenvalue weighted by Crippen LogP contribution is 2.33. The van der Waals surface area contributed by atoms with Crippen molar-refractivity contribution in [2.75, 3.05) is 23.7 Å². The monoisotopic (exact) mass is 545 g/mol. The van der Waals surface area contributed by atoms with Crippen molar-refractivity contribution in [3.63, 3.8) is 0 Å². The topological polar surface area (TPSA) is 79.3 Å².